The predicted octanol–water partition coefficient (Wildman–Crippen LogP) is 11.2. The maximum atomic E-state index is 5.02. The molecule has 4 aromatic carbocycles. The molecule has 0 bridgehead atoms. The largest absolute Gasteiger partial charge is 0.236 e. The highest BCUT2D eigenvalue weighted by Gasteiger charge is 2.17. The summed E-state index contributed by atoms with van der Waals surface area (Å²) in [6, 6.07) is 27.0. The molecule has 7 rings (SSSR count). The van der Waals surface area contributed by atoms with Crippen molar-refractivity contribution in [3.05, 3.63) is 83.9 Å². The Morgan fingerprint density at radius 2 is 0.846 bits per heavy atom. The Kier molecular flexibility index (Phi) is 5.55. The van der Waals surface area contributed by atoms with Crippen LogP contribution in [-0.2, 0) is 10.8 Å². The molecule has 0 spiro atoms. The zero-order valence-electron chi connectivity index (χ0n) is 23.0. The van der Waals surface area contributed by atoms with Gasteiger partial charge in [0.15, 0.2) is 0 Å². The minimum atomic E-state index is 0.151. The molecule has 0 unspecified atom stereocenters. The summed E-state index contributed by atoms with van der Waals surface area (Å²) in [5.74, 6) is 0. The summed E-state index contributed by atoms with van der Waals surface area (Å²) in [5.41, 5.74) is 7.53. The number of rotatable bonds is 2. The van der Waals surface area contributed by atoms with Crippen LogP contribution in [0, 0.1) is 0 Å². The van der Waals surface area contributed by atoms with Crippen molar-refractivity contribution >= 4 is 74.6 Å². The molecular formula is C34H30N2S3. The van der Waals surface area contributed by atoms with Crippen molar-refractivity contribution in [2.75, 3.05) is 0 Å². The van der Waals surface area contributed by atoms with Crippen molar-refractivity contribution in [3.8, 4) is 21.1 Å². The lowest BCUT2D eigenvalue weighted by molar-refractivity contribution is 0.590. The number of benzene rings is 4. The highest BCUT2D eigenvalue weighted by Crippen LogP contribution is 2.42. The molecule has 39 heavy (non-hydrogen) atoms. The average molecular weight is 563 g/mol. The van der Waals surface area contributed by atoms with E-state index in [-0.39, 0.29) is 10.8 Å². The van der Waals surface area contributed by atoms with Gasteiger partial charge in [0.2, 0.25) is 0 Å². The van der Waals surface area contributed by atoms with E-state index in [1.165, 1.54) is 51.8 Å². The van der Waals surface area contributed by atoms with Crippen LogP contribution in [0.2, 0.25) is 0 Å². The van der Waals surface area contributed by atoms with Crippen LogP contribution >= 0.6 is 34.0 Å². The number of thiophene rings is 1. The summed E-state index contributed by atoms with van der Waals surface area (Å²) in [6.45, 7) is 13.5. The van der Waals surface area contributed by atoms with E-state index in [1.54, 1.807) is 22.7 Å². The van der Waals surface area contributed by atoms with Gasteiger partial charge >= 0.3 is 0 Å². The van der Waals surface area contributed by atoms with Gasteiger partial charge in [0, 0.05) is 31.3 Å². The van der Waals surface area contributed by atoms with Crippen molar-refractivity contribution in [2.45, 2.75) is 52.4 Å². The van der Waals surface area contributed by atoms with Crippen LogP contribution in [0.15, 0.2) is 72.8 Å². The zero-order chi connectivity index (χ0) is 27.1. The van der Waals surface area contributed by atoms with Crippen LogP contribution in [-0.4, -0.2) is 9.97 Å². The van der Waals surface area contributed by atoms with Gasteiger partial charge in [0.25, 0.3) is 0 Å². The van der Waals surface area contributed by atoms with Crippen molar-refractivity contribution in [1.29, 1.82) is 0 Å². The molecule has 7 aromatic rings. The first kappa shape index (κ1) is 24.9. The smallest absolute Gasteiger partial charge is 0.124 e. The summed E-state index contributed by atoms with van der Waals surface area (Å²) in [6.07, 6.45) is 0. The van der Waals surface area contributed by atoms with Gasteiger partial charge < -0.3 is 0 Å². The lowest BCUT2D eigenvalue weighted by Gasteiger charge is -2.18. The first-order valence-electron chi connectivity index (χ1n) is 13.3. The van der Waals surface area contributed by atoms with Crippen LogP contribution in [0.1, 0.15) is 52.7 Å². The molecule has 0 saturated heterocycles. The lowest BCUT2D eigenvalue weighted by atomic mass is 9.87. The average Bonchev–Trinajstić information content (AvgIpc) is 3.59. The fourth-order valence-corrected chi connectivity index (χ4v) is 8.21. The van der Waals surface area contributed by atoms with Crippen molar-refractivity contribution in [2.24, 2.45) is 0 Å². The number of aromatic nitrogens is 2. The summed E-state index contributed by atoms with van der Waals surface area (Å²) < 4.78 is 5.04. The van der Waals surface area contributed by atoms with Crippen LogP contribution in [0.5, 0.6) is 0 Å². The molecule has 0 N–H and O–H groups in total. The molecule has 0 atom stereocenters. The predicted molar refractivity (Wildman–Crippen MR) is 174 cm³/mol. The molecule has 3 heterocycles. The SMILES string of the molecule is CC(C)(C)c1ccc(-c2nc3cc4sc5cc6nc(-c7ccc(C(C)(C)C)cc7)sc6cc5c4cc3s2)cc1. The van der Waals surface area contributed by atoms with Gasteiger partial charge in [-0.15, -0.1) is 34.0 Å². The molecule has 194 valence electrons. The maximum Gasteiger partial charge on any atom is 0.124 e. The minimum Gasteiger partial charge on any atom is -0.236 e. The van der Waals surface area contributed by atoms with Gasteiger partial charge in [-0.2, -0.15) is 0 Å². The number of fused-ring (bicyclic) bond motifs is 5. The Morgan fingerprint density at radius 3 is 1.21 bits per heavy atom. The first-order valence-corrected chi connectivity index (χ1v) is 15.8. The molecule has 0 aliphatic rings. The van der Waals surface area contributed by atoms with E-state index >= 15 is 0 Å². The van der Waals surface area contributed by atoms with Crippen LogP contribution in [0.4, 0.5) is 0 Å². The van der Waals surface area contributed by atoms with E-state index in [0.717, 1.165) is 21.0 Å². The van der Waals surface area contributed by atoms with Gasteiger partial charge in [0.05, 0.1) is 20.4 Å². The fraction of sp³-hybridized carbons (Fsp3) is 0.235. The van der Waals surface area contributed by atoms with Crippen molar-refractivity contribution in [3.63, 3.8) is 0 Å². The third-order valence-corrected chi connectivity index (χ3v) is 10.7. The summed E-state index contributed by atoms with van der Waals surface area (Å²) in [5, 5.41) is 4.79. The third kappa shape index (κ3) is 4.37. The molecule has 0 aliphatic carbocycles. The van der Waals surface area contributed by atoms with Gasteiger partial charge in [-0.05, 0) is 46.2 Å². The van der Waals surface area contributed by atoms with Gasteiger partial charge in [0.1, 0.15) is 10.0 Å². The lowest BCUT2D eigenvalue weighted by Crippen LogP contribution is -2.10. The van der Waals surface area contributed by atoms with Crippen molar-refractivity contribution in [1.82, 2.24) is 9.97 Å². The van der Waals surface area contributed by atoms with Crippen LogP contribution < -0.4 is 0 Å². The van der Waals surface area contributed by atoms with E-state index < -0.39 is 0 Å². The van der Waals surface area contributed by atoms with E-state index in [4.69, 9.17) is 9.97 Å². The second kappa shape index (κ2) is 8.69. The molecule has 5 heteroatoms. The standard InChI is InChI=1S/C34H30N2S3/c1-33(2,3)21-11-7-19(8-12-21)31-35-25-17-27-23(15-29(25)38-31)24-16-30-26(18-28(24)37-27)36-32(39-30)20-9-13-22(14-10-20)34(4,5)6/h7-18H,1-6H3. The number of hydrogen-bond acceptors (Lipinski definition) is 5. The molecule has 2 nitrogen and oxygen atoms in total. The quantitative estimate of drug-likeness (QED) is 0.209. The minimum absolute atomic E-state index is 0.151. The zero-order valence-corrected chi connectivity index (χ0v) is 25.5. The fourth-order valence-electron chi connectivity index (χ4n) is 5.09. The Morgan fingerprint density at radius 1 is 0.462 bits per heavy atom. The highest BCUT2D eigenvalue weighted by atomic mass is 32.1. The number of nitrogens with zero attached hydrogens (tertiary/aromatic N) is 2. The number of hydrogen-bond donors (Lipinski definition) is 0. The van der Waals surface area contributed by atoms with E-state index in [0.29, 0.717) is 0 Å². The van der Waals surface area contributed by atoms with E-state index in [2.05, 4.69) is 114 Å². The van der Waals surface area contributed by atoms with Gasteiger partial charge in [-0.25, -0.2) is 9.97 Å². The maximum absolute atomic E-state index is 5.02. The topological polar surface area (TPSA) is 25.8 Å². The van der Waals surface area contributed by atoms with E-state index in [9.17, 15) is 0 Å². The Bertz CT molecular complexity index is 1860. The second-order valence-corrected chi connectivity index (χ2v) is 15.6. The van der Waals surface area contributed by atoms with Crippen molar-refractivity contribution < 1.29 is 0 Å². The highest BCUT2D eigenvalue weighted by molar-refractivity contribution is 7.27. The first-order chi connectivity index (χ1) is 18.5. The molecule has 3 aromatic heterocycles. The summed E-state index contributed by atoms with van der Waals surface area (Å²) in [4.78, 5) is 10.0. The Labute approximate surface area is 241 Å². The monoisotopic (exact) mass is 562 g/mol. The van der Waals surface area contributed by atoms with Crippen LogP contribution in [0.25, 0.3) is 61.7 Å². The molecular weight excluding hydrogens is 533 g/mol. The molecule has 0 radical (unpaired) electrons. The number of thiazole rings is 2. The molecule has 0 aliphatic heterocycles. The Hall–Kier alpha value is -3.12. The molecule has 0 fully saturated rings. The van der Waals surface area contributed by atoms with Gasteiger partial charge in [-0.1, -0.05) is 90.1 Å². The van der Waals surface area contributed by atoms with Gasteiger partial charge in [-0.3, -0.25) is 0 Å². The third-order valence-electron chi connectivity index (χ3n) is 7.49. The summed E-state index contributed by atoms with van der Waals surface area (Å²) in [7, 11) is 0. The van der Waals surface area contributed by atoms with E-state index in [1.807, 2.05) is 11.3 Å². The second-order valence-electron chi connectivity index (χ2n) is 12.4. The van der Waals surface area contributed by atoms with Crippen LogP contribution in [0.3, 0.4) is 0 Å². The molecule has 0 saturated carbocycles. The Balaban J connectivity index is 1.28. The normalized spacial score (nSPS) is 12.9. The summed E-state index contributed by atoms with van der Waals surface area (Å²) >= 11 is 5.40. The molecule has 0 amide bonds.